The fourth-order valence-electron chi connectivity index (χ4n) is 2.39. The Labute approximate surface area is 98.0 Å². The van der Waals surface area contributed by atoms with Gasteiger partial charge in [0.05, 0.1) is 19.8 Å². The van der Waals surface area contributed by atoms with E-state index in [9.17, 15) is 5.11 Å². The van der Waals surface area contributed by atoms with Crippen molar-refractivity contribution < 1.29 is 14.9 Å². The Morgan fingerprint density at radius 2 is 1.81 bits per heavy atom. The molecule has 96 valence electrons. The van der Waals surface area contributed by atoms with Crippen LogP contribution in [0.5, 0.6) is 0 Å². The molecule has 4 nitrogen and oxygen atoms in total. The number of hydrogen-bond donors (Lipinski definition) is 3. The van der Waals surface area contributed by atoms with Crippen molar-refractivity contribution in [2.75, 3.05) is 39.5 Å². The van der Waals surface area contributed by atoms with E-state index in [1.807, 2.05) is 0 Å². The first-order valence-corrected chi connectivity index (χ1v) is 6.38. The van der Waals surface area contributed by atoms with Gasteiger partial charge in [0.25, 0.3) is 0 Å². The van der Waals surface area contributed by atoms with Crippen LogP contribution >= 0.6 is 0 Å². The average molecular weight is 231 g/mol. The molecule has 0 aromatic heterocycles. The molecule has 0 heterocycles. The smallest absolute Gasteiger partial charge is 0.0698 e. The van der Waals surface area contributed by atoms with Gasteiger partial charge in [-0.15, -0.1) is 0 Å². The summed E-state index contributed by atoms with van der Waals surface area (Å²) >= 11 is 0. The third kappa shape index (κ3) is 5.25. The molecule has 0 radical (unpaired) electrons. The predicted octanol–water partition coefficient (Wildman–Crippen LogP) is 0.384. The van der Waals surface area contributed by atoms with Crippen molar-refractivity contribution in [3.05, 3.63) is 0 Å². The molecule has 0 aromatic rings. The number of rotatable bonds is 8. The molecule has 0 aliphatic heterocycles. The van der Waals surface area contributed by atoms with Gasteiger partial charge in [-0.1, -0.05) is 12.8 Å². The maximum Gasteiger partial charge on any atom is 0.0698 e. The minimum absolute atomic E-state index is 0.0925. The third-order valence-corrected chi connectivity index (χ3v) is 3.37. The lowest BCUT2D eigenvalue weighted by molar-refractivity contribution is 0.0904. The van der Waals surface area contributed by atoms with Gasteiger partial charge >= 0.3 is 0 Å². The zero-order valence-electron chi connectivity index (χ0n) is 10.0. The molecular formula is C12H25NO3. The van der Waals surface area contributed by atoms with Crippen molar-refractivity contribution >= 4 is 0 Å². The number of hydrogen-bond acceptors (Lipinski definition) is 4. The van der Waals surface area contributed by atoms with Gasteiger partial charge in [0.2, 0.25) is 0 Å². The van der Waals surface area contributed by atoms with E-state index >= 15 is 0 Å². The van der Waals surface area contributed by atoms with Crippen LogP contribution in [0.25, 0.3) is 0 Å². The number of aliphatic hydroxyl groups is 2. The summed E-state index contributed by atoms with van der Waals surface area (Å²) in [4.78, 5) is 0. The van der Waals surface area contributed by atoms with Gasteiger partial charge in [-0.2, -0.15) is 0 Å². The molecule has 16 heavy (non-hydrogen) atoms. The molecule has 2 unspecified atom stereocenters. The summed E-state index contributed by atoms with van der Waals surface area (Å²) in [7, 11) is 0. The van der Waals surface area contributed by atoms with Crippen molar-refractivity contribution in [2.24, 2.45) is 11.8 Å². The standard InChI is InChI=1S/C12H25NO3/c14-6-8-16-7-5-13-9-11-3-1-2-4-12(11)10-15/h11-15H,1-10H2. The summed E-state index contributed by atoms with van der Waals surface area (Å²) in [5.41, 5.74) is 0. The summed E-state index contributed by atoms with van der Waals surface area (Å²) in [6.45, 7) is 3.30. The molecule has 1 saturated carbocycles. The topological polar surface area (TPSA) is 61.7 Å². The average Bonchev–Trinajstić information content (AvgIpc) is 2.34. The van der Waals surface area contributed by atoms with Gasteiger partial charge in [-0.3, -0.25) is 0 Å². The fraction of sp³-hybridized carbons (Fsp3) is 1.00. The number of nitrogens with one attached hydrogen (secondary N) is 1. The van der Waals surface area contributed by atoms with Crippen LogP contribution < -0.4 is 5.32 Å². The lowest BCUT2D eigenvalue weighted by Crippen LogP contribution is -2.33. The molecule has 1 aliphatic carbocycles. The Hall–Kier alpha value is -0.160. The lowest BCUT2D eigenvalue weighted by atomic mass is 9.80. The fourth-order valence-corrected chi connectivity index (χ4v) is 2.39. The maximum absolute atomic E-state index is 9.25. The molecule has 0 aromatic carbocycles. The minimum atomic E-state index is 0.0925. The van der Waals surface area contributed by atoms with Crippen LogP contribution in [-0.4, -0.2) is 49.7 Å². The largest absolute Gasteiger partial charge is 0.396 e. The van der Waals surface area contributed by atoms with E-state index in [1.54, 1.807) is 0 Å². The van der Waals surface area contributed by atoms with Crippen LogP contribution in [0.1, 0.15) is 25.7 Å². The Morgan fingerprint density at radius 3 is 2.50 bits per heavy atom. The van der Waals surface area contributed by atoms with E-state index in [4.69, 9.17) is 9.84 Å². The Bertz CT molecular complexity index is 166. The molecule has 0 amide bonds. The molecule has 4 heteroatoms. The van der Waals surface area contributed by atoms with Gasteiger partial charge in [-0.25, -0.2) is 0 Å². The van der Waals surface area contributed by atoms with Crippen LogP contribution in [0.15, 0.2) is 0 Å². The van der Waals surface area contributed by atoms with Crippen LogP contribution in [0.3, 0.4) is 0 Å². The van der Waals surface area contributed by atoms with E-state index in [2.05, 4.69) is 5.32 Å². The van der Waals surface area contributed by atoms with E-state index in [0.717, 1.165) is 13.1 Å². The van der Waals surface area contributed by atoms with E-state index in [-0.39, 0.29) is 6.61 Å². The van der Waals surface area contributed by atoms with Crippen molar-refractivity contribution in [3.63, 3.8) is 0 Å². The summed E-state index contributed by atoms with van der Waals surface area (Å²) in [6.07, 6.45) is 4.96. The Kier molecular flexibility index (Phi) is 7.76. The molecule has 0 spiro atoms. The van der Waals surface area contributed by atoms with Crippen LogP contribution in [0.2, 0.25) is 0 Å². The van der Waals surface area contributed by atoms with E-state index < -0.39 is 0 Å². The van der Waals surface area contributed by atoms with Crippen molar-refractivity contribution in [3.8, 4) is 0 Å². The summed E-state index contributed by atoms with van der Waals surface area (Å²) in [5, 5.41) is 21.1. The number of aliphatic hydroxyl groups excluding tert-OH is 2. The second kappa shape index (κ2) is 8.93. The second-order valence-electron chi connectivity index (χ2n) is 4.53. The second-order valence-corrected chi connectivity index (χ2v) is 4.53. The highest BCUT2D eigenvalue weighted by atomic mass is 16.5. The maximum atomic E-state index is 9.25. The quantitative estimate of drug-likeness (QED) is 0.529. The predicted molar refractivity (Wildman–Crippen MR) is 63.3 cm³/mol. The van der Waals surface area contributed by atoms with Crippen LogP contribution in [-0.2, 0) is 4.74 Å². The molecule has 0 bridgehead atoms. The van der Waals surface area contributed by atoms with Crippen molar-refractivity contribution in [1.82, 2.24) is 5.32 Å². The van der Waals surface area contributed by atoms with E-state index in [1.165, 1.54) is 25.7 Å². The molecule has 3 N–H and O–H groups in total. The molecule has 1 rings (SSSR count). The molecule has 0 saturated heterocycles. The molecule has 1 aliphatic rings. The Morgan fingerprint density at radius 1 is 1.06 bits per heavy atom. The SMILES string of the molecule is OCCOCCNCC1CCCCC1CO. The monoisotopic (exact) mass is 231 g/mol. The summed E-state index contributed by atoms with van der Waals surface area (Å²) < 4.78 is 5.16. The van der Waals surface area contributed by atoms with Crippen LogP contribution in [0, 0.1) is 11.8 Å². The normalized spacial score (nSPS) is 25.9. The third-order valence-electron chi connectivity index (χ3n) is 3.37. The minimum Gasteiger partial charge on any atom is -0.396 e. The van der Waals surface area contributed by atoms with Crippen molar-refractivity contribution in [2.45, 2.75) is 25.7 Å². The highest BCUT2D eigenvalue weighted by Crippen LogP contribution is 2.28. The first-order valence-electron chi connectivity index (χ1n) is 6.38. The highest BCUT2D eigenvalue weighted by Gasteiger charge is 2.23. The summed E-state index contributed by atoms with van der Waals surface area (Å²) in [6, 6.07) is 0. The van der Waals surface area contributed by atoms with Crippen LogP contribution in [0.4, 0.5) is 0 Å². The first-order chi connectivity index (χ1) is 7.88. The highest BCUT2D eigenvalue weighted by molar-refractivity contribution is 4.76. The Balaban J connectivity index is 2.02. The molecular weight excluding hydrogens is 206 g/mol. The van der Waals surface area contributed by atoms with Crippen molar-refractivity contribution in [1.29, 1.82) is 0 Å². The first kappa shape index (κ1) is 13.9. The van der Waals surface area contributed by atoms with Gasteiger partial charge < -0.3 is 20.3 Å². The molecule has 1 fully saturated rings. The summed E-state index contributed by atoms with van der Waals surface area (Å²) in [5.74, 6) is 1.11. The molecule has 2 atom stereocenters. The van der Waals surface area contributed by atoms with E-state index in [0.29, 0.717) is 31.7 Å². The zero-order chi connectivity index (χ0) is 11.6. The van der Waals surface area contributed by atoms with Gasteiger partial charge in [0, 0.05) is 13.2 Å². The van der Waals surface area contributed by atoms with Gasteiger partial charge in [-0.05, 0) is 31.2 Å². The van der Waals surface area contributed by atoms with Gasteiger partial charge in [0.15, 0.2) is 0 Å². The number of ether oxygens (including phenoxy) is 1. The lowest BCUT2D eigenvalue weighted by Gasteiger charge is -2.30. The van der Waals surface area contributed by atoms with Gasteiger partial charge in [0.1, 0.15) is 0 Å². The zero-order valence-corrected chi connectivity index (χ0v) is 10.0.